The van der Waals surface area contributed by atoms with E-state index in [4.69, 9.17) is 0 Å². The molecule has 1 unspecified atom stereocenters. The Hall–Kier alpha value is -0.830. The summed E-state index contributed by atoms with van der Waals surface area (Å²) in [5.41, 5.74) is 4.16. The SMILES string of the molecule is CC(NC(=O)CBr)c1ccc2c(c1)CCCC2. The fourth-order valence-corrected chi connectivity index (χ4v) is 2.55. The molecule has 1 aliphatic rings. The van der Waals surface area contributed by atoms with E-state index in [2.05, 4.69) is 39.4 Å². The largest absolute Gasteiger partial charge is 0.349 e. The predicted octanol–water partition coefficient (Wildman–Crippen LogP) is 3.14. The van der Waals surface area contributed by atoms with Gasteiger partial charge in [-0.3, -0.25) is 4.79 Å². The minimum absolute atomic E-state index is 0.0372. The molecule has 1 aromatic rings. The van der Waals surface area contributed by atoms with Crippen molar-refractivity contribution in [3.8, 4) is 0 Å². The van der Waals surface area contributed by atoms with E-state index in [0.29, 0.717) is 5.33 Å². The van der Waals surface area contributed by atoms with Gasteiger partial charge in [0.15, 0.2) is 0 Å². The maximum atomic E-state index is 11.3. The number of carbonyl (C=O) groups excluding carboxylic acids is 1. The monoisotopic (exact) mass is 295 g/mol. The van der Waals surface area contributed by atoms with Crippen LogP contribution in [0.3, 0.4) is 0 Å². The van der Waals surface area contributed by atoms with Gasteiger partial charge in [-0.25, -0.2) is 0 Å². The van der Waals surface area contributed by atoms with Gasteiger partial charge in [0.05, 0.1) is 11.4 Å². The van der Waals surface area contributed by atoms with E-state index in [1.807, 2.05) is 6.92 Å². The Kier molecular flexibility index (Phi) is 4.21. The second kappa shape index (κ2) is 5.67. The minimum atomic E-state index is 0.0372. The van der Waals surface area contributed by atoms with Crippen molar-refractivity contribution in [2.75, 3.05) is 5.33 Å². The Bertz CT molecular complexity index is 417. The van der Waals surface area contributed by atoms with Gasteiger partial charge in [0.25, 0.3) is 0 Å². The van der Waals surface area contributed by atoms with Crippen LogP contribution >= 0.6 is 15.9 Å². The van der Waals surface area contributed by atoms with Crippen LogP contribution in [0.2, 0.25) is 0 Å². The van der Waals surface area contributed by atoms with E-state index in [1.165, 1.54) is 42.4 Å². The molecule has 2 rings (SSSR count). The molecule has 0 fully saturated rings. The first-order chi connectivity index (χ1) is 8.20. The van der Waals surface area contributed by atoms with Crippen molar-refractivity contribution in [1.29, 1.82) is 0 Å². The summed E-state index contributed by atoms with van der Waals surface area (Å²) in [5, 5.41) is 3.33. The van der Waals surface area contributed by atoms with Crippen LogP contribution in [0.25, 0.3) is 0 Å². The van der Waals surface area contributed by atoms with Gasteiger partial charge in [-0.05, 0) is 49.3 Å². The molecule has 0 saturated carbocycles. The molecule has 1 aliphatic carbocycles. The zero-order valence-corrected chi connectivity index (χ0v) is 11.7. The van der Waals surface area contributed by atoms with Crippen LogP contribution in [0.4, 0.5) is 0 Å². The average molecular weight is 296 g/mol. The summed E-state index contributed by atoms with van der Waals surface area (Å²) in [7, 11) is 0. The number of amides is 1. The van der Waals surface area contributed by atoms with Crippen molar-refractivity contribution in [2.24, 2.45) is 0 Å². The second-order valence-corrected chi connectivity index (χ2v) is 5.22. The van der Waals surface area contributed by atoms with E-state index in [-0.39, 0.29) is 11.9 Å². The molecule has 0 bridgehead atoms. The molecule has 3 heteroatoms. The number of rotatable bonds is 3. The van der Waals surface area contributed by atoms with Crippen LogP contribution < -0.4 is 5.32 Å². The molecule has 0 radical (unpaired) electrons. The van der Waals surface area contributed by atoms with E-state index in [0.717, 1.165) is 0 Å². The molecule has 0 aromatic heterocycles. The smallest absolute Gasteiger partial charge is 0.231 e. The number of carbonyl (C=O) groups is 1. The van der Waals surface area contributed by atoms with Gasteiger partial charge in [0, 0.05) is 0 Å². The van der Waals surface area contributed by atoms with Crippen molar-refractivity contribution in [1.82, 2.24) is 5.32 Å². The summed E-state index contributed by atoms with van der Waals surface area (Å²) >= 11 is 3.16. The van der Waals surface area contributed by atoms with E-state index in [1.54, 1.807) is 0 Å². The third kappa shape index (κ3) is 3.09. The predicted molar refractivity (Wildman–Crippen MR) is 73.4 cm³/mol. The summed E-state index contributed by atoms with van der Waals surface area (Å²) in [6.45, 7) is 2.03. The zero-order chi connectivity index (χ0) is 12.3. The number of benzene rings is 1. The Balaban J connectivity index is 2.13. The standard InChI is InChI=1S/C14H18BrNO/c1-10(16-14(17)9-15)12-7-6-11-4-2-3-5-13(11)8-12/h6-8,10H,2-5,9H2,1H3,(H,16,17). The first-order valence-corrected chi connectivity index (χ1v) is 7.30. The number of nitrogens with one attached hydrogen (secondary N) is 1. The summed E-state index contributed by atoms with van der Waals surface area (Å²) < 4.78 is 0. The van der Waals surface area contributed by atoms with E-state index < -0.39 is 0 Å². The first kappa shape index (κ1) is 12.6. The summed E-state index contributed by atoms with van der Waals surface area (Å²) in [4.78, 5) is 11.3. The van der Waals surface area contributed by atoms with E-state index in [9.17, 15) is 4.79 Å². The quantitative estimate of drug-likeness (QED) is 0.853. The number of halogens is 1. The van der Waals surface area contributed by atoms with Crippen LogP contribution in [0.5, 0.6) is 0 Å². The highest BCUT2D eigenvalue weighted by atomic mass is 79.9. The highest BCUT2D eigenvalue weighted by Gasteiger charge is 2.13. The maximum Gasteiger partial charge on any atom is 0.231 e. The van der Waals surface area contributed by atoms with Crippen molar-refractivity contribution in [3.63, 3.8) is 0 Å². The lowest BCUT2D eigenvalue weighted by Crippen LogP contribution is -2.27. The summed E-state index contributed by atoms with van der Waals surface area (Å²) in [5.74, 6) is 0.0372. The third-order valence-corrected chi connectivity index (χ3v) is 3.88. The number of alkyl halides is 1. The Labute approximate surface area is 111 Å². The molecular weight excluding hydrogens is 278 g/mol. The molecule has 1 aromatic carbocycles. The normalized spacial score (nSPS) is 16.1. The van der Waals surface area contributed by atoms with Gasteiger partial charge < -0.3 is 5.32 Å². The lowest BCUT2D eigenvalue weighted by molar-refractivity contribution is -0.119. The number of hydrogen-bond acceptors (Lipinski definition) is 1. The van der Waals surface area contributed by atoms with Crippen LogP contribution in [-0.2, 0) is 17.6 Å². The highest BCUT2D eigenvalue weighted by molar-refractivity contribution is 9.09. The van der Waals surface area contributed by atoms with Crippen LogP contribution in [0.15, 0.2) is 18.2 Å². The van der Waals surface area contributed by atoms with Crippen LogP contribution in [-0.4, -0.2) is 11.2 Å². The lowest BCUT2D eigenvalue weighted by Gasteiger charge is -2.19. The zero-order valence-electron chi connectivity index (χ0n) is 10.1. The molecule has 0 aliphatic heterocycles. The topological polar surface area (TPSA) is 29.1 Å². The van der Waals surface area contributed by atoms with Gasteiger partial charge >= 0.3 is 0 Å². The lowest BCUT2D eigenvalue weighted by atomic mass is 9.89. The molecule has 2 nitrogen and oxygen atoms in total. The van der Waals surface area contributed by atoms with Crippen molar-refractivity contribution in [2.45, 2.75) is 38.6 Å². The molecule has 1 N–H and O–H groups in total. The Morgan fingerprint density at radius 1 is 1.35 bits per heavy atom. The molecule has 0 heterocycles. The molecule has 1 atom stereocenters. The Morgan fingerprint density at radius 2 is 2.06 bits per heavy atom. The van der Waals surface area contributed by atoms with Crippen LogP contribution in [0, 0.1) is 0 Å². The fourth-order valence-electron chi connectivity index (χ4n) is 2.39. The minimum Gasteiger partial charge on any atom is -0.349 e. The van der Waals surface area contributed by atoms with Gasteiger partial charge in [0.2, 0.25) is 5.91 Å². The molecule has 1 amide bonds. The number of aryl methyl sites for hydroxylation is 2. The van der Waals surface area contributed by atoms with Gasteiger partial charge in [-0.1, -0.05) is 34.1 Å². The van der Waals surface area contributed by atoms with Crippen molar-refractivity contribution < 1.29 is 4.79 Å². The van der Waals surface area contributed by atoms with Gasteiger partial charge in [-0.2, -0.15) is 0 Å². The fraction of sp³-hybridized carbons (Fsp3) is 0.500. The highest BCUT2D eigenvalue weighted by Crippen LogP contribution is 2.24. The number of fused-ring (bicyclic) bond motifs is 1. The molecule has 17 heavy (non-hydrogen) atoms. The number of hydrogen-bond donors (Lipinski definition) is 1. The first-order valence-electron chi connectivity index (χ1n) is 6.17. The molecule has 0 spiro atoms. The molecular formula is C14H18BrNO. The van der Waals surface area contributed by atoms with Crippen molar-refractivity contribution in [3.05, 3.63) is 34.9 Å². The summed E-state index contributed by atoms with van der Waals surface area (Å²) in [6.07, 6.45) is 4.99. The summed E-state index contributed by atoms with van der Waals surface area (Å²) in [6, 6.07) is 6.71. The molecule has 92 valence electrons. The second-order valence-electron chi connectivity index (χ2n) is 4.66. The van der Waals surface area contributed by atoms with Gasteiger partial charge in [-0.15, -0.1) is 0 Å². The van der Waals surface area contributed by atoms with Crippen molar-refractivity contribution >= 4 is 21.8 Å². The Morgan fingerprint density at radius 3 is 2.76 bits per heavy atom. The van der Waals surface area contributed by atoms with E-state index >= 15 is 0 Å². The average Bonchev–Trinajstić information content (AvgIpc) is 2.38. The van der Waals surface area contributed by atoms with Gasteiger partial charge in [0.1, 0.15) is 0 Å². The molecule has 0 saturated heterocycles. The third-order valence-electron chi connectivity index (χ3n) is 3.37. The maximum absolute atomic E-state index is 11.3. The van der Waals surface area contributed by atoms with Crippen LogP contribution in [0.1, 0.15) is 42.5 Å².